The van der Waals surface area contributed by atoms with E-state index < -0.39 is 23.6 Å². The van der Waals surface area contributed by atoms with E-state index in [9.17, 15) is 18.0 Å². The molecule has 0 unspecified atom stereocenters. The Bertz CT molecular complexity index is 374. The van der Waals surface area contributed by atoms with Crippen LogP contribution in [0, 0.1) is 5.92 Å². The van der Waals surface area contributed by atoms with Gasteiger partial charge in [0, 0.05) is 5.92 Å². The molecule has 82 valence electrons. The van der Waals surface area contributed by atoms with E-state index in [4.69, 9.17) is 0 Å². The van der Waals surface area contributed by atoms with Gasteiger partial charge < -0.3 is 0 Å². The van der Waals surface area contributed by atoms with Gasteiger partial charge in [0.1, 0.15) is 5.69 Å². The fourth-order valence-electron chi connectivity index (χ4n) is 0.917. The summed E-state index contributed by atoms with van der Waals surface area (Å²) in [7, 11) is 0. The van der Waals surface area contributed by atoms with Crippen molar-refractivity contribution in [3.05, 3.63) is 23.8 Å². The maximum Gasteiger partial charge on any atom is 0.434 e. The molecule has 0 atom stereocenters. The van der Waals surface area contributed by atoms with Crippen LogP contribution in [0.25, 0.3) is 0 Å². The number of halogens is 3. The Hall–Kier alpha value is -1.46. The number of nitrogens with zero attached hydrogens (tertiary/aromatic N) is 2. The Kier molecular flexibility index (Phi) is 3.06. The summed E-state index contributed by atoms with van der Waals surface area (Å²) in [4.78, 5) is 17.9. The molecule has 1 aromatic heterocycles. The highest BCUT2D eigenvalue weighted by Crippen LogP contribution is 2.26. The topological polar surface area (TPSA) is 42.9 Å². The summed E-state index contributed by atoms with van der Waals surface area (Å²) in [6.45, 7) is 3.18. The maximum atomic E-state index is 12.2. The predicted octanol–water partition coefficient (Wildman–Crippen LogP) is 2.33. The third-order valence-electron chi connectivity index (χ3n) is 1.70. The lowest BCUT2D eigenvalue weighted by molar-refractivity contribution is -0.141. The standard InChI is InChI=1S/C9H9F3N2O/c1-5(2)8(15)6-3-13-4-7(14-6)9(10,11)12/h3-5H,1-2H3. The molecule has 0 fully saturated rings. The Labute approximate surface area is 84.4 Å². The molecule has 0 aliphatic rings. The van der Waals surface area contributed by atoms with Crippen molar-refractivity contribution in [2.75, 3.05) is 0 Å². The smallest absolute Gasteiger partial charge is 0.292 e. The number of rotatable bonds is 2. The lowest BCUT2D eigenvalue weighted by Crippen LogP contribution is -2.15. The molecule has 15 heavy (non-hydrogen) atoms. The first-order chi connectivity index (χ1) is 6.82. The highest BCUT2D eigenvalue weighted by Gasteiger charge is 2.33. The number of aromatic nitrogens is 2. The van der Waals surface area contributed by atoms with Gasteiger partial charge in [-0.3, -0.25) is 9.78 Å². The molecule has 0 aromatic carbocycles. The molecule has 0 amide bonds. The van der Waals surface area contributed by atoms with Crippen LogP contribution in [0.3, 0.4) is 0 Å². The monoisotopic (exact) mass is 218 g/mol. The van der Waals surface area contributed by atoms with E-state index in [1.165, 1.54) is 0 Å². The van der Waals surface area contributed by atoms with E-state index in [1.54, 1.807) is 13.8 Å². The molecule has 0 saturated heterocycles. The molecular formula is C9H9F3N2O. The number of alkyl halides is 3. The minimum atomic E-state index is -4.57. The Morgan fingerprint density at radius 3 is 2.40 bits per heavy atom. The average Bonchev–Trinajstić information content (AvgIpc) is 2.15. The van der Waals surface area contributed by atoms with Gasteiger partial charge in [0.2, 0.25) is 0 Å². The number of carbonyl (C=O) groups is 1. The second-order valence-corrected chi connectivity index (χ2v) is 3.31. The van der Waals surface area contributed by atoms with Gasteiger partial charge in [-0.1, -0.05) is 13.8 Å². The zero-order valence-corrected chi connectivity index (χ0v) is 8.17. The summed E-state index contributed by atoms with van der Waals surface area (Å²) in [5.41, 5.74) is -1.39. The highest BCUT2D eigenvalue weighted by atomic mass is 19.4. The SMILES string of the molecule is CC(C)C(=O)c1cncc(C(F)(F)F)n1. The zero-order valence-electron chi connectivity index (χ0n) is 8.17. The first-order valence-corrected chi connectivity index (χ1v) is 4.26. The van der Waals surface area contributed by atoms with E-state index >= 15 is 0 Å². The van der Waals surface area contributed by atoms with Gasteiger partial charge in [0.05, 0.1) is 12.4 Å². The first-order valence-electron chi connectivity index (χ1n) is 4.26. The second kappa shape index (κ2) is 3.96. The molecular weight excluding hydrogens is 209 g/mol. The maximum absolute atomic E-state index is 12.2. The third-order valence-corrected chi connectivity index (χ3v) is 1.70. The van der Waals surface area contributed by atoms with Crippen molar-refractivity contribution in [3.8, 4) is 0 Å². The fourth-order valence-corrected chi connectivity index (χ4v) is 0.917. The van der Waals surface area contributed by atoms with Crippen LogP contribution in [0.1, 0.15) is 30.0 Å². The Balaban J connectivity index is 3.09. The van der Waals surface area contributed by atoms with E-state index in [1.807, 2.05) is 0 Å². The quantitative estimate of drug-likeness (QED) is 0.715. The van der Waals surface area contributed by atoms with Crippen LogP contribution in [0.15, 0.2) is 12.4 Å². The molecule has 3 nitrogen and oxygen atoms in total. The van der Waals surface area contributed by atoms with Crippen molar-refractivity contribution in [2.24, 2.45) is 5.92 Å². The van der Waals surface area contributed by atoms with Crippen LogP contribution in [-0.4, -0.2) is 15.8 Å². The summed E-state index contributed by atoms with van der Waals surface area (Å²) >= 11 is 0. The lowest BCUT2D eigenvalue weighted by atomic mass is 10.1. The normalized spacial score (nSPS) is 11.9. The van der Waals surface area contributed by atoms with Crippen molar-refractivity contribution in [1.29, 1.82) is 0 Å². The van der Waals surface area contributed by atoms with Crippen molar-refractivity contribution in [1.82, 2.24) is 9.97 Å². The molecule has 1 aromatic rings. The number of carbonyl (C=O) groups excluding carboxylic acids is 1. The molecule has 0 aliphatic heterocycles. The Morgan fingerprint density at radius 2 is 1.93 bits per heavy atom. The fraction of sp³-hybridized carbons (Fsp3) is 0.444. The molecule has 6 heteroatoms. The van der Waals surface area contributed by atoms with Gasteiger partial charge in [-0.2, -0.15) is 13.2 Å². The van der Waals surface area contributed by atoms with Gasteiger partial charge >= 0.3 is 6.18 Å². The molecule has 0 N–H and O–H groups in total. The van der Waals surface area contributed by atoms with Gasteiger partial charge in [0.25, 0.3) is 0 Å². The molecule has 0 bridgehead atoms. The van der Waals surface area contributed by atoms with Gasteiger partial charge in [-0.25, -0.2) is 4.98 Å². The molecule has 1 rings (SSSR count). The summed E-state index contributed by atoms with van der Waals surface area (Å²) in [5, 5.41) is 0. The summed E-state index contributed by atoms with van der Waals surface area (Å²) in [5.74, 6) is -0.851. The van der Waals surface area contributed by atoms with Crippen LogP contribution in [0.2, 0.25) is 0 Å². The average molecular weight is 218 g/mol. The van der Waals surface area contributed by atoms with E-state index in [0.29, 0.717) is 6.20 Å². The number of hydrogen-bond acceptors (Lipinski definition) is 3. The van der Waals surface area contributed by atoms with Crippen molar-refractivity contribution in [3.63, 3.8) is 0 Å². The van der Waals surface area contributed by atoms with Crippen molar-refractivity contribution < 1.29 is 18.0 Å². The van der Waals surface area contributed by atoms with Gasteiger partial charge in [0.15, 0.2) is 11.5 Å². The van der Waals surface area contributed by atoms with E-state index in [2.05, 4.69) is 9.97 Å². The van der Waals surface area contributed by atoms with Crippen LogP contribution >= 0.6 is 0 Å². The van der Waals surface area contributed by atoms with E-state index in [0.717, 1.165) is 6.20 Å². The second-order valence-electron chi connectivity index (χ2n) is 3.31. The van der Waals surface area contributed by atoms with Crippen LogP contribution in [0.4, 0.5) is 13.2 Å². The van der Waals surface area contributed by atoms with Crippen molar-refractivity contribution >= 4 is 5.78 Å². The number of Topliss-reactive ketones (excluding diaryl/α,β-unsaturated/α-hetero) is 1. The minimum Gasteiger partial charge on any atom is -0.292 e. The highest BCUT2D eigenvalue weighted by molar-refractivity contribution is 5.95. The largest absolute Gasteiger partial charge is 0.434 e. The van der Waals surface area contributed by atoms with E-state index in [-0.39, 0.29) is 5.69 Å². The molecule has 0 saturated carbocycles. The molecule has 0 spiro atoms. The number of ketones is 1. The summed E-state index contributed by atoms with van der Waals surface area (Å²) in [6, 6.07) is 0. The first kappa shape index (κ1) is 11.6. The number of hydrogen-bond donors (Lipinski definition) is 0. The Morgan fingerprint density at radius 1 is 1.33 bits per heavy atom. The van der Waals surface area contributed by atoms with Crippen molar-refractivity contribution in [2.45, 2.75) is 20.0 Å². The molecule has 0 aliphatic carbocycles. The summed E-state index contributed by atoms with van der Waals surface area (Å²) < 4.78 is 36.7. The zero-order chi connectivity index (χ0) is 11.6. The minimum absolute atomic E-state index is 0.250. The van der Waals surface area contributed by atoms with Crippen LogP contribution in [0.5, 0.6) is 0 Å². The molecule has 0 radical (unpaired) electrons. The van der Waals surface area contributed by atoms with Crippen LogP contribution < -0.4 is 0 Å². The van der Waals surface area contributed by atoms with Gasteiger partial charge in [-0.05, 0) is 0 Å². The summed E-state index contributed by atoms with van der Waals surface area (Å²) in [6.07, 6.45) is -2.94. The molecule has 1 heterocycles. The third kappa shape index (κ3) is 2.74. The van der Waals surface area contributed by atoms with Gasteiger partial charge in [-0.15, -0.1) is 0 Å². The lowest BCUT2D eigenvalue weighted by Gasteiger charge is -2.07. The predicted molar refractivity (Wildman–Crippen MR) is 46.2 cm³/mol. The van der Waals surface area contributed by atoms with Crippen LogP contribution in [-0.2, 0) is 6.18 Å².